The number of para-hydroxylation sites is 1. The second-order valence-electron chi connectivity index (χ2n) is 2.51. The van der Waals surface area contributed by atoms with E-state index in [2.05, 4.69) is 19.9 Å². The van der Waals surface area contributed by atoms with Gasteiger partial charge in [0.1, 0.15) is 15.6 Å². The van der Waals surface area contributed by atoms with Crippen LogP contribution < -0.4 is 16.5 Å². The number of rotatable bonds is 2. The van der Waals surface area contributed by atoms with Gasteiger partial charge in [-0.3, -0.25) is 11.5 Å². The van der Waals surface area contributed by atoms with E-state index in [-0.39, 0.29) is 6.03 Å². The van der Waals surface area contributed by atoms with Crippen molar-refractivity contribution in [2.75, 3.05) is 0 Å². The minimum Gasteiger partial charge on any atom is -0.296 e. The van der Waals surface area contributed by atoms with Gasteiger partial charge >= 0.3 is 6.03 Å². The Bertz CT molecular complexity index is 474. The van der Waals surface area contributed by atoms with Crippen LogP contribution in [0.25, 0.3) is 11.0 Å². The van der Waals surface area contributed by atoms with Crippen molar-refractivity contribution in [2.45, 2.75) is 0 Å². The van der Waals surface area contributed by atoms with Gasteiger partial charge in [-0.15, -0.1) is 5.10 Å². The number of amides is 2. The molecule has 72 valence electrons. The van der Waals surface area contributed by atoms with Gasteiger partial charge in [-0.1, -0.05) is 12.1 Å². The van der Waals surface area contributed by atoms with E-state index in [0.29, 0.717) is 11.0 Å². The third kappa shape index (κ3) is 1.42. The predicted molar refractivity (Wildman–Crippen MR) is 47.9 cm³/mol. The number of fused-ring (bicyclic) bond motifs is 1. The molecule has 0 fully saturated rings. The zero-order valence-electron chi connectivity index (χ0n) is 7.12. The highest BCUT2D eigenvalue weighted by molar-refractivity contribution is 5.73. The molecule has 0 atom stereocenters. The highest BCUT2D eigenvalue weighted by Gasteiger charge is 2.09. The van der Waals surface area contributed by atoms with E-state index in [1.807, 2.05) is 12.1 Å². The summed E-state index contributed by atoms with van der Waals surface area (Å²) in [7, 11) is 0. The lowest BCUT2D eigenvalue weighted by atomic mass is 10.3. The van der Waals surface area contributed by atoms with Crippen LogP contribution in [0.4, 0.5) is 4.58 Å². The number of nitrogens with two attached hydrogens (primary N) is 2. The van der Waals surface area contributed by atoms with Crippen molar-refractivity contribution in [2.24, 2.45) is 11.5 Å². The van der Waals surface area contributed by atoms with Gasteiger partial charge in [0, 0.05) is 9.83 Å². The van der Waals surface area contributed by atoms with Crippen molar-refractivity contribution < 1.29 is 9.56 Å². The zero-order chi connectivity index (χ0) is 9.97. The molecule has 2 rings (SSSR count). The molecule has 0 spiro atoms. The van der Waals surface area contributed by atoms with Crippen molar-refractivity contribution in [3.05, 3.63) is 24.3 Å². The molecule has 1 aromatic carbocycles. The summed E-state index contributed by atoms with van der Waals surface area (Å²) < 4.78 is 4.43. The van der Waals surface area contributed by atoms with Gasteiger partial charge in [0.2, 0.25) is 0 Å². The van der Waals surface area contributed by atoms with E-state index < -0.39 is 0 Å². The molecule has 7 nitrogen and oxygen atoms in total. The van der Waals surface area contributed by atoms with E-state index in [1.165, 1.54) is 0 Å². The summed E-state index contributed by atoms with van der Waals surface area (Å²) in [4.78, 5) is 5.76. The SMILES string of the molecule is NC(N)=[O+]On1nnc2ccccc21. The first-order valence-corrected chi connectivity index (χ1v) is 3.81. The van der Waals surface area contributed by atoms with E-state index in [1.54, 1.807) is 12.1 Å². The number of aromatic nitrogens is 3. The first kappa shape index (κ1) is 8.30. The second kappa shape index (κ2) is 3.21. The Morgan fingerprint density at radius 3 is 2.93 bits per heavy atom. The van der Waals surface area contributed by atoms with Gasteiger partial charge in [0.15, 0.2) is 0 Å². The maximum Gasteiger partial charge on any atom is 0.583 e. The monoisotopic (exact) mass is 194 g/mol. The largest absolute Gasteiger partial charge is 0.583 e. The predicted octanol–water partition coefficient (Wildman–Crippen LogP) is -0.652. The van der Waals surface area contributed by atoms with Crippen molar-refractivity contribution in [3.63, 3.8) is 0 Å². The fourth-order valence-electron chi connectivity index (χ4n) is 0.981. The van der Waals surface area contributed by atoms with Crippen LogP contribution in [-0.4, -0.2) is 21.2 Å². The Balaban J connectivity index is 2.38. The summed E-state index contributed by atoms with van der Waals surface area (Å²) >= 11 is 0. The van der Waals surface area contributed by atoms with Crippen molar-refractivity contribution in [1.29, 1.82) is 0 Å². The van der Waals surface area contributed by atoms with Crippen LogP contribution in [0, 0.1) is 0 Å². The van der Waals surface area contributed by atoms with E-state index in [4.69, 9.17) is 11.5 Å². The summed E-state index contributed by atoms with van der Waals surface area (Å²) in [6, 6.07) is 6.92. The molecule has 1 aromatic heterocycles. The lowest BCUT2D eigenvalue weighted by Crippen LogP contribution is -2.23. The van der Waals surface area contributed by atoms with Gasteiger partial charge in [-0.05, 0) is 17.3 Å². The molecule has 2 aromatic rings. The Kier molecular flexibility index (Phi) is 1.90. The lowest BCUT2D eigenvalue weighted by molar-refractivity contribution is -0.510. The summed E-state index contributed by atoms with van der Waals surface area (Å²) in [5.41, 5.74) is 11.4. The number of hydrogen-bond donors (Lipinski definition) is 2. The number of hydrogen-bond acceptors (Lipinski definition) is 3. The third-order valence-corrected chi connectivity index (χ3v) is 1.53. The Morgan fingerprint density at radius 1 is 1.36 bits per heavy atom. The van der Waals surface area contributed by atoms with Gasteiger partial charge in [-0.2, -0.15) is 0 Å². The average Bonchev–Trinajstić information content (AvgIpc) is 2.58. The van der Waals surface area contributed by atoms with Crippen molar-refractivity contribution in [1.82, 2.24) is 15.2 Å². The molecule has 0 bridgehead atoms. The molecule has 14 heavy (non-hydrogen) atoms. The second-order valence-corrected chi connectivity index (χ2v) is 2.51. The molecule has 2 amide bonds. The van der Waals surface area contributed by atoms with Crippen LogP contribution in [0.5, 0.6) is 0 Å². The maximum atomic E-state index is 5.04. The van der Waals surface area contributed by atoms with Crippen LogP contribution >= 0.6 is 0 Å². The van der Waals surface area contributed by atoms with E-state index >= 15 is 0 Å². The summed E-state index contributed by atoms with van der Waals surface area (Å²) in [5.74, 6) is 0. The quantitative estimate of drug-likeness (QED) is 0.377. The Labute approximate surface area is 78.4 Å². The molecule has 0 unspecified atom stereocenters. The standard InChI is InChI=1S/C7H8N5O2/c8-7(9)13-14-12-6-4-2-1-3-5(6)10-11-12/h1-4H,8-9H2/q+1. The van der Waals surface area contributed by atoms with Crippen LogP contribution in [-0.2, 0) is 0 Å². The molecule has 1 heterocycles. The maximum absolute atomic E-state index is 5.04. The topological polar surface area (TPSA) is 103 Å². The van der Waals surface area contributed by atoms with E-state index in [9.17, 15) is 0 Å². The zero-order valence-corrected chi connectivity index (χ0v) is 7.12. The molecule has 0 radical (unpaired) electrons. The highest BCUT2D eigenvalue weighted by atomic mass is 17.2. The van der Waals surface area contributed by atoms with Gasteiger partial charge in [0.25, 0.3) is 0 Å². The third-order valence-electron chi connectivity index (χ3n) is 1.53. The number of urea groups is 1. The number of primary amides is 2. The molecule has 7 heteroatoms. The van der Waals surface area contributed by atoms with E-state index in [0.717, 1.165) is 4.85 Å². The normalized spacial score (nSPS) is 10.0. The Hall–Kier alpha value is -2.31. The van der Waals surface area contributed by atoms with Crippen molar-refractivity contribution >= 4 is 17.1 Å². The molecule has 0 saturated carbocycles. The molecule has 0 aliphatic rings. The first-order chi connectivity index (χ1) is 6.77. The fourth-order valence-corrected chi connectivity index (χ4v) is 0.981. The van der Waals surface area contributed by atoms with Crippen LogP contribution in [0.15, 0.2) is 24.3 Å². The first-order valence-electron chi connectivity index (χ1n) is 3.81. The molecular weight excluding hydrogens is 186 g/mol. The molecule has 4 N–H and O–H groups in total. The van der Waals surface area contributed by atoms with Crippen LogP contribution in [0.3, 0.4) is 0 Å². The molecular formula is C7H8N5O2+. The van der Waals surface area contributed by atoms with Gasteiger partial charge < -0.3 is 0 Å². The van der Waals surface area contributed by atoms with Crippen molar-refractivity contribution in [3.8, 4) is 0 Å². The molecule has 0 aliphatic heterocycles. The lowest BCUT2D eigenvalue weighted by Gasteiger charge is -1.86. The van der Waals surface area contributed by atoms with Gasteiger partial charge in [-0.25, -0.2) is 0 Å². The molecule has 0 aliphatic carbocycles. The van der Waals surface area contributed by atoms with Crippen LogP contribution in [0.2, 0.25) is 0 Å². The average molecular weight is 194 g/mol. The fraction of sp³-hybridized carbons (Fsp3) is 0. The number of benzene rings is 1. The minimum absolute atomic E-state index is 0.301. The number of carbonyl (C=O) groups excluding carboxylic acids is 1. The summed E-state index contributed by atoms with van der Waals surface area (Å²) in [6.07, 6.45) is 0. The smallest absolute Gasteiger partial charge is 0.296 e. The minimum atomic E-state index is -0.301. The highest BCUT2D eigenvalue weighted by Crippen LogP contribution is 2.08. The van der Waals surface area contributed by atoms with Crippen LogP contribution in [0.1, 0.15) is 0 Å². The summed E-state index contributed by atoms with van der Waals surface area (Å²) in [6.45, 7) is 0. The summed E-state index contributed by atoms with van der Waals surface area (Å²) in [5, 5.41) is 7.48. The Morgan fingerprint density at radius 2 is 2.14 bits per heavy atom. The van der Waals surface area contributed by atoms with Gasteiger partial charge in [0.05, 0.1) is 0 Å². The number of nitrogens with zero attached hydrogens (tertiary/aromatic N) is 3. The molecule has 0 saturated heterocycles.